The van der Waals surface area contributed by atoms with E-state index in [2.05, 4.69) is 210 Å². The van der Waals surface area contributed by atoms with Crippen LogP contribution < -0.4 is 3.53 Å². The standard InChI is InChI=1S/C23H18N4S.C21H19N3O.C18H15N5S.C16H18N2S.3Al.Ga.4H/c28-22-20(15-17-9-3-1-4-10-17)25-26(19-12-5-2-6-13-19)23(22)27-21-14-8-7-11-18(21)16-24-27;1-2-18-19(16-10-5-3-6-11-16)24(17-12-7-4-8-13-17)21(20(18)25)23-15-9-14-22-23;24-17-16(11-14-7-3-1-4-8-14)21-23(15-9-5-2-6-10-15)18(17)22-13-19-12-20-22;1-4-11-9-16(2,3)15(14(11)19)18-10-12-7-5-6-8-13(12)17-18;;;;;;;;/h1-14,16,28H,15H2;3-15,25H,2H2,1H3;1-10,12-13,24H,11H2;5-10,19H,4H2,1-3H3;;;;;;;;/q;;;;4*+1;;;;/p-4. The average molecular weight is 1470 g/mol. The summed E-state index contributed by atoms with van der Waals surface area (Å²) in [5.41, 5.74) is 16.2. The van der Waals surface area contributed by atoms with E-state index >= 15 is 0 Å². The van der Waals surface area contributed by atoms with Crippen LogP contribution in [0.4, 0.5) is 0 Å². The molecule has 7 heterocycles. The summed E-state index contributed by atoms with van der Waals surface area (Å²) in [5.74, 6) is 3.78. The van der Waals surface area contributed by atoms with Gasteiger partial charge in [-0.3, -0.25) is 0 Å². The Morgan fingerprint density at radius 2 is 1.04 bits per heavy atom. The van der Waals surface area contributed by atoms with Crippen LogP contribution in [0.25, 0.3) is 73.3 Å². The summed E-state index contributed by atoms with van der Waals surface area (Å²) in [5, 5.41) is 30.6. The third-order valence-corrected chi connectivity index (χ3v) is 22.5. The average Bonchev–Trinajstić information content (AvgIpc) is 1.62. The van der Waals surface area contributed by atoms with E-state index in [-0.39, 0.29) is 5.41 Å². The Bertz CT molecular complexity index is 5210. The molecule has 100 heavy (non-hydrogen) atoms. The third-order valence-electron chi connectivity index (χ3n) is 17.1. The molecule has 16 rings (SSSR count). The van der Waals surface area contributed by atoms with Gasteiger partial charge in [0.25, 0.3) is 45.5 Å². The predicted molar refractivity (Wildman–Crippen MR) is 417 cm³/mol. The van der Waals surface area contributed by atoms with Crippen molar-refractivity contribution in [2.75, 3.05) is 0 Å². The first-order chi connectivity index (χ1) is 49.1. The maximum absolute atomic E-state index is 6.00. The van der Waals surface area contributed by atoms with Gasteiger partial charge in [-0.05, 0) is 59.5 Å². The maximum atomic E-state index is 6.00. The summed E-state index contributed by atoms with van der Waals surface area (Å²) in [6.07, 6.45) is 17.0. The van der Waals surface area contributed by atoms with Gasteiger partial charge >= 0.3 is 163 Å². The van der Waals surface area contributed by atoms with Crippen molar-refractivity contribution in [1.82, 2.24) is 68.2 Å². The topological polar surface area (TPSA) is 134 Å². The van der Waals surface area contributed by atoms with E-state index in [0.717, 1.165) is 128 Å². The van der Waals surface area contributed by atoms with Crippen LogP contribution >= 0.6 is 30.4 Å². The van der Waals surface area contributed by atoms with Gasteiger partial charge in [0.05, 0.1) is 55.5 Å². The summed E-state index contributed by atoms with van der Waals surface area (Å²) in [6.45, 7) is 8.95. The molecule has 0 aliphatic heterocycles. The molecule has 15 aromatic rings. The maximum Gasteiger partial charge on any atom is 0.282 e. The second-order valence-corrected chi connectivity index (χ2v) is 29.2. The molecule has 488 valence electrons. The number of rotatable bonds is 18. The van der Waals surface area contributed by atoms with Crippen molar-refractivity contribution in [3.05, 3.63) is 319 Å². The van der Waals surface area contributed by atoms with Gasteiger partial charge in [0.1, 0.15) is 12.7 Å². The molecule has 0 spiro atoms. The normalized spacial score (nSPS) is 12.3. The van der Waals surface area contributed by atoms with E-state index in [0.29, 0.717) is 0 Å². The zero-order chi connectivity index (χ0) is 69.0. The Labute approximate surface area is 627 Å². The fourth-order valence-electron chi connectivity index (χ4n) is 12.6. The van der Waals surface area contributed by atoms with Gasteiger partial charge < -0.3 is 0 Å². The van der Waals surface area contributed by atoms with E-state index in [4.69, 9.17) is 23.9 Å². The zero-order valence-electron chi connectivity index (χ0n) is 56.1. The molecule has 0 unspecified atom stereocenters. The number of hydrogen-bond donors (Lipinski definition) is 0. The molecule has 0 fully saturated rings. The summed E-state index contributed by atoms with van der Waals surface area (Å²) in [4.78, 5) is 7.78. The van der Waals surface area contributed by atoms with Crippen molar-refractivity contribution in [2.45, 2.75) is 63.2 Å². The molecule has 7 aromatic heterocycles. The van der Waals surface area contributed by atoms with Gasteiger partial charge in [-0.2, -0.15) is 25.5 Å². The summed E-state index contributed by atoms with van der Waals surface area (Å²) < 4.78 is 20.0. The molecule has 22 heteroatoms. The van der Waals surface area contributed by atoms with Crippen LogP contribution in [0.1, 0.15) is 62.2 Å². The summed E-state index contributed by atoms with van der Waals surface area (Å²) >= 11 is 6.41. The molecule has 0 bridgehead atoms. The number of allylic oxidation sites excluding steroid dienone is 3. The zero-order valence-corrected chi connectivity index (χ0v) is 65.8. The molecule has 1 aliphatic rings. The monoisotopic (exact) mass is 1460 g/mol. The van der Waals surface area contributed by atoms with Crippen LogP contribution in [0, 0.1) is 5.41 Å². The first-order valence-electron chi connectivity index (χ1n) is 32.8. The van der Waals surface area contributed by atoms with Crippen LogP contribution in [-0.4, -0.2) is 133 Å². The van der Waals surface area contributed by atoms with Crippen molar-refractivity contribution in [1.29, 1.82) is 0 Å². The fourth-order valence-corrected chi connectivity index (χ4v) is 18.1. The summed E-state index contributed by atoms with van der Waals surface area (Å²) in [7, 11) is 5.32. The Kier molecular flexibility index (Phi) is 22.9. The van der Waals surface area contributed by atoms with Gasteiger partial charge in [0.2, 0.25) is 0 Å². The van der Waals surface area contributed by atoms with Crippen molar-refractivity contribution < 1.29 is 3.53 Å². The molecule has 15 nitrogen and oxygen atoms in total. The van der Waals surface area contributed by atoms with Gasteiger partial charge in [0.15, 0.2) is 11.6 Å². The molecule has 4 radical (unpaired) electrons. The van der Waals surface area contributed by atoms with Crippen LogP contribution in [0.2, 0.25) is 0 Å². The molecule has 0 atom stereocenters. The number of nitrogens with zero attached hydrogens (tertiary/aromatic N) is 14. The van der Waals surface area contributed by atoms with Crippen LogP contribution in [0.3, 0.4) is 0 Å². The van der Waals surface area contributed by atoms with Crippen molar-refractivity contribution in [2.24, 2.45) is 5.41 Å². The van der Waals surface area contributed by atoms with Crippen molar-refractivity contribution in [3.8, 4) is 51.5 Å². The second kappa shape index (κ2) is 32.8. The molecule has 0 saturated carbocycles. The Morgan fingerprint density at radius 1 is 0.500 bits per heavy atom. The van der Waals surface area contributed by atoms with Crippen LogP contribution in [-0.2, 0) is 19.3 Å². The molecule has 0 saturated heterocycles. The number of para-hydroxylation sites is 4. The largest absolute Gasteiger partial charge is 0.282 e. The van der Waals surface area contributed by atoms with Crippen LogP contribution in [0.5, 0.6) is 5.75 Å². The number of hydrogen-bond acceptors (Lipinski definition) is 11. The van der Waals surface area contributed by atoms with E-state index < -0.39 is 0 Å². The summed E-state index contributed by atoms with van der Waals surface area (Å²) in [6, 6.07) is 80.7. The third kappa shape index (κ3) is 15.0. The van der Waals surface area contributed by atoms with E-state index in [9.17, 15) is 0 Å². The quantitative estimate of drug-likeness (QED) is 0.0760. The Morgan fingerprint density at radius 3 is 1.57 bits per heavy atom. The van der Waals surface area contributed by atoms with Gasteiger partial charge in [0, 0.05) is 40.1 Å². The molecule has 1 aliphatic carbocycles. The number of benzene rings is 8. The minimum Gasteiger partial charge on any atom is -0.239 e. The van der Waals surface area contributed by atoms with E-state index in [1.807, 2.05) is 178 Å². The number of fused-ring (bicyclic) bond motifs is 2. The van der Waals surface area contributed by atoms with Gasteiger partial charge in [-0.25, -0.2) is 58.8 Å². The van der Waals surface area contributed by atoms with Crippen LogP contribution in [0.15, 0.2) is 300 Å². The SMILES string of the molecule is CCC1=CC(C)(C)C(n2cc3ccccc3n2)=C1[S][AlH].CCc1c([O][GaH])c(-n2cccn2)n(-c2ccccc2)c1-c1ccccc1.[AlH][S]c1c(Cc2ccccc2)nn(-c2ccccc2)c1-n1cncn1.[AlH][S]c1c(Cc2ccccc2)nn(-c2ccccc2)c1-n1ncc2ccccc21. The van der Waals surface area contributed by atoms with E-state index in [1.54, 1.807) is 43.8 Å². The molecule has 8 aromatic carbocycles. The fraction of sp³-hybridized carbons (Fsp3) is 0.115. The van der Waals surface area contributed by atoms with Gasteiger partial charge in [-0.1, -0.05) is 160 Å². The Balaban J connectivity index is 0.000000120. The van der Waals surface area contributed by atoms with Crippen molar-refractivity contribution in [3.63, 3.8) is 0 Å². The molecule has 0 amide bonds. The second-order valence-electron chi connectivity index (χ2n) is 23.9. The van der Waals surface area contributed by atoms with Gasteiger partial charge in [-0.15, -0.1) is 0 Å². The smallest absolute Gasteiger partial charge is 0.239 e. The van der Waals surface area contributed by atoms with E-state index in [1.165, 1.54) is 43.8 Å². The van der Waals surface area contributed by atoms with Crippen molar-refractivity contribution >= 4 is 122 Å². The minimum atomic E-state index is 0.0379. The first kappa shape index (κ1) is 69.8. The molecular weight excluding hydrogens is 1400 g/mol. The predicted octanol–water partition coefficient (Wildman–Crippen LogP) is 15.9. The molecular formula is C78H70Al3GaN14OS3. The number of aromatic nitrogens is 14. The minimum absolute atomic E-state index is 0.0379. The molecule has 0 N–H and O–H groups in total. The first-order valence-corrected chi connectivity index (χ1v) is 42.2. The Hall–Kier alpha value is -8.69.